The van der Waals surface area contributed by atoms with E-state index in [0.29, 0.717) is 12.2 Å². The minimum Gasteiger partial charge on any atom is -0.489 e. The fraction of sp³-hybridized carbons (Fsp3) is 0.348. The molecule has 160 valence electrons. The molecular weight excluding hydrogens is 384 g/mol. The number of rotatable bonds is 6. The van der Waals surface area contributed by atoms with Crippen LogP contribution in [0.5, 0.6) is 5.75 Å². The van der Waals surface area contributed by atoms with Crippen molar-refractivity contribution in [1.82, 2.24) is 10.6 Å². The van der Waals surface area contributed by atoms with Crippen LogP contribution in [0.3, 0.4) is 0 Å². The second-order valence-electron chi connectivity index (χ2n) is 7.88. The standard InChI is InChI=1S/C23H28N2O5/c1-15(20(26)25-22(28)24-5)30-21(27)17-8-6-16(7-9-17)14-29-19-12-10-18(11-13-19)23(2,3)4/h6-13,15H,14H2,1-5H3,(H2,24,25,26,28). The smallest absolute Gasteiger partial charge is 0.338 e. The topological polar surface area (TPSA) is 93.7 Å². The number of hydrogen-bond acceptors (Lipinski definition) is 5. The van der Waals surface area contributed by atoms with E-state index < -0.39 is 24.0 Å². The first-order valence-electron chi connectivity index (χ1n) is 9.66. The van der Waals surface area contributed by atoms with Crippen molar-refractivity contribution < 1.29 is 23.9 Å². The van der Waals surface area contributed by atoms with Crippen molar-refractivity contribution in [3.63, 3.8) is 0 Å². The molecule has 0 spiro atoms. The van der Waals surface area contributed by atoms with Gasteiger partial charge in [-0.1, -0.05) is 45.0 Å². The predicted octanol–water partition coefficient (Wildman–Crippen LogP) is 3.56. The van der Waals surface area contributed by atoms with E-state index in [1.54, 1.807) is 24.3 Å². The highest BCUT2D eigenvalue weighted by Gasteiger charge is 2.20. The number of nitrogens with one attached hydrogen (secondary N) is 2. The Labute approximate surface area is 176 Å². The summed E-state index contributed by atoms with van der Waals surface area (Å²) in [6, 6.07) is 14.0. The molecule has 0 aliphatic carbocycles. The van der Waals surface area contributed by atoms with E-state index in [1.807, 2.05) is 12.1 Å². The Balaban J connectivity index is 1.89. The van der Waals surface area contributed by atoms with Gasteiger partial charge < -0.3 is 14.8 Å². The predicted molar refractivity (Wildman–Crippen MR) is 113 cm³/mol. The van der Waals surface area contributed by atoms with Crippen LogP contribution in [0.25, 0.3) is 0 Å². The van der Waals surface area contributed by atoms with E-state index in [-0.39, 0.29) is 5.41 Å². The molecule has 0 bridgehead atoms. The molecule has 0 aliphatic heterocycles. The van der Waals surface area contributed by atoms with Crippen LogP contribution in [0.4, 0.5) is 4.79 Å². The van der Waals surface area contributed by atoms with Gasteiger partial charge in [0.2, 0.25) is 0 Å². The van der Waals surface area contributed by atoms with Crippen molar-refractivity contribution in [3.05, 3.63) is 65.2 Å². The third kappa shape index (κ3) is 6.62. The summed E-state index contributed by atoms with van der Waals surface area (Å²) in [6.45, 7) is 8.22. The zero-order chi connectivity index (χ0) is 22.3. The molecule has 0 heterocycles. The molecule has 0 aromatic heterocycles. The number of benzene rings is 2. The Morgan fingerprint density at radius 3 is 2.10 bits per heavy atom. The van der Waals surface area contributed by atoms with Crippen LogP contribution < -0.4 is 15.4 Å². The summed E-state index contributed by atoms with van der Waals surface area (Å²) in [6.07, 6.45) is -1.10. The summed E-state index contributed by atoms with van der Waals surface area (Å²) < 4.78 is 10.9. The molecule has 0 radical (unpaired) electrons. The monoisotopic (exact) mass is 412 g/mol. The van der Waals surface area contributed by atoms with Crippen LogP contribution >= 0.6 is 0 Å². The molecule has 0 aliphatic rings. The van der Waals surface area contributed by atoms with E-state index >= 15 is 0 Å². The van der Waals surface area contributed by atoms with Gasteiger partial charge in [0.25, 0.3) is 5.91 Å². The molecule has 7 nitrogen and oxygen atoms in total. The maximum Gasteiger partial charge on any atom is 0.338 e. The second-order valence-corrected chi connectivity index (χ2v) is 7.88. The van der Waals surface area contributed by atoms with Gasteiger partial charge >= 0.3 is 12.0 Å². The van der Waals surface area contributed by atoms with Gasteiger partial charge in [-0.3, -0.25) is 10.1 Å². The van der Waals surface area contributed by atoms with E-state index in [2.05, 4.69) is 43.5 Å². The van der Waals surface area contributed by atoms with Crippen molar-refractivity contribution >= 4 is 17.9 Å². The summed E-state index contributed by atoms with van der Waals surface area (Å²) in [5.74, 6) is -0.590. The van der Waals surface area contributed by atoms with Crippen LogP contribution in [0.15, 0.2) is 48.5 Å². The Kier molecular flexibility index (Phi) is 7.58. The SMILES string of the molecule is CNC(=O)NC(=O)C(C)OC(=O)c1ccc(COc2ccc(C(C)(C)C)cc2)cc1. The molecule has 0 saturated heterocycles. The Bertz CT molecular complexity index is 883. The lowest BCUT2D eigenvalue weighted by Gasteiger charge is -2.19. The Hall–Kier alpha value is -3.35. The molecule has 1 atom stereocenters. The van der Waals surface area contributed by atoms with Gasteiger partial charge in [-0.05, 0) is 47.7 Å². The fourth-order valence-corrected chi connectivity index (χ4v) is 2.51. The number of hydrogen-bond donors (Lipinski definition) is 2. The molecule has 7 heteroatoms. The Morgan fingerprint density at radius 2 is 1.57 bits per heavy atom. The summed E-state index contributed by atoms with van der Waals surface area (Å²) >= 11 is 0. The van der Waals surface area contributed by atoms with Gasteiger partial charge in [0.05, 0.1) is 5.56 Å². The second kappa shape index (κ2) is 9.91. The highest BCUT2D eigenvalue weighted by molar-refractivity contribution is 5.98. The molecule has 2 aromatic carbocycles. The molecule has 30 heavy (non-hydrogen) atoms. The lowest BCUT2D eigenvalue weighted by molar-refractivity contribution is -0.127. The van der Waals surface area contributed by atoms with Crippen LogP contribution in [0.2, 0.25) is 0 Å². The summed E-state index contributed by atoms with van der Waals surface area (Å²) in [7, 11) is 1.38. The van der Waals surface area contributed by atoms with Crippen molar-refractivity contribution in [3.8, 4) is 5.75 Å². The molecule has 1 unspecified atom stereocenters. The minimum atomic E-state index is -1.10. The lowest BCUT2D eigenvalue weighted by atomic mass is 9.87. The van der Waals surface area contributed by atoms with Crippen LogP contribution in [-0.2, 0) is 21.6 Å². The summed E-state index contributed by atoms with van der Waals surface area (Å²) in [4.78, 5) is 35.1. The van der Waals surface area contributed by atoms with Gasteiger partial charge in [-0.25, -0.2) is 9.59 Å². The highest BCUT2D eigenvalue weighted by Crippen LogP contribution is 2.24. The normalized spacial score (nSPS) is 11.9. The molecular formula is C23H28N2O5. The van der Waals surface area contributed by atoms with Crippen LogP contribution in [0.1, 0.15) is 49.2 Å². The number of carbonyl (C=O) groups is 3. The number of esters is 1. The zero-order valence-electron chi connectivity index (χ0n) is 17.9. The van der Waals surface area contributed by atoms with E-state index in [4.69, 9.17) is 9.47 Å². The van der Waals surface area contributed by atoms with E-state index in [1.165, 1.54) is 19.5 Å². The first kappa shape index (κ1) is 22.9. The number of amides is 3. The molecule has 0 saturated carbocycles. The molecule has 2 rings (SSSR count). The first-order valence-corrected chi connectivity index (χ1v) is 9.66. The molecule has 2 N–H and O–H groups in total. The number of urea groups is 1. The Morgan fingerprint density at radius 1 is 0.967 bits per heavy atom. The van der Waals surface area contributed by atoms with Gasteiger partial charge in [0, 0.05) is 7.05 Å². The highest BCUT2D eigenvalue weighted by atomic mass is 16.5. The van der Waals surface area contributed by atoms with E-state index in [9.17, 15) is 14.4 Å². The van der Waals surface area contributed by atoms with E-state index in [0.717, 1.165) is 11.3 Å². The van der Waals surface area contributed by atoms with Crippen molar-refractivity contribution in [2.75, 3.05) is 7.05 Å². The average molecular weight is 412 g/mol. The van der Waals surface area contributed by atoms with Gasteiger partial charge in [0.1, 0.15) is 12.4 Å². The quantitative estimate of drug-likeness (QED) is 0.708. The molecule has 2 aromatic rings. The van der Waals surface area contributed by atoms with Gasteiger partial charge in [0.15, 0.2) is 6.10 Å². The maximum atomic E-state index is 12.2. The largest absolute Gasteiger partial charge is 0.489 e. The van der Waals surface area contributed by atoms with Crippen molar-refractivity contribution in [2.45, 2.75) is 45.8 Å². The number of ether oxygens (including phenoxy) is 2. The third-order valence-electron chi connectivity index (χ3n) is 4.43. The average Bonchev–Trinajstić information content (AvgIpc) is 2.72. The number of carbonyl (C=O) groups excluding carboxylic acids is 3. The van der Waals surface area contributed by atoms with Crippen LogP contribution in [-0.4, -0.2) is 31.1 Å². The van der Waals surface area contributed by atoms with Crippen molar-refractivity contribution in [1.29, 1.82) is 0 Å². The third-order valence-corrected chi connectivity index (χ3v) is 4.43. The minimum absolute atomic E-state index is 0.0869. The zero-order valence-corrected chi connectivity index (χ0v) is 17.9. The van der Waals surface area contributed by atoms with Gasteiger partial charge in [-0.2, -0.15) is 0 Å². The maximum absolute atomic E-state index is 12.2. The van der Waals surface area contributed by atoms with Crippen molar-refractivity contribution in [2.24, 2.45) is 0 Å². The summed E-state index contributed by atoms with van der Waals surface area (Å²) in [5, 5.41) is 4.31. The molecule has 0 fully saturated rings. The number of imide groups is 1. The summed E-state index contributed by atoms with van der Waals surface area (Å²) in [5.41, 5.74) is 2.50. The van der Waals surface area contributed by atoms with Crippen LogP contribution in [0, 0.1) is 0 Å². The lowest BCUT2D eigenvalue weighted by Crippen LogP contribution is -2.43. The first-order chi connectivity index (χ1) is 14.1. The molecule has 3 amide bonds. The fourth-order valence-electron chi connectivity index (χ4n) is 2.51. The van der Waals surface area contributed by atoms with Gasteiger partial charge in [-0.15, -0.1) is 0 Å².